The van der Waals surface area contributed by atoms with E-state index < -0.39 is 23.7 Å². The molecule has 1 saturated heterocycles. The number of halogens is 3. The van der Waals surface area contributed by atoms with Gasteiger partial charge in [-0.05, 0) is 60.0 Å². The molecule has 1 aliphatic heterocycles. The third-order valence-corrected chi connectivity index (χ3v) is 6.04. The van der Waals surface area contributed by atoms with E-state index in [4.69, 9.17) is 4.74 Å². The van der Waals surface area contributed by atoms with Crippen LogP contribution < -0.4 is 14.5 Å². The van der Waals surface area contributed by atoms with Gasteiger partial charge in [0.25, 0.3) is 5.91 Å². The fourth-order valence-electron chi connectivity index (χ4n) is 4.19. The average Bonchev–Trinajstić information content (AvgIpc) is 3.17. The number of urea groups is 1. The van der Waals surface area contributed by atoms with Crippen LogP contribution in [0.15, 0.2) is 73.1 Å². The van der Waals surface area contributed by atoms with Crippen LogP contribution in [0.2, 0.25) is 0 Å². The molecule has 0 unspecified atom stereocenters. The van der Waals surface area contributed by atoms with Crippen molar-refractivity contribution >= 4 is 34.2 Å². The highest BCUT2D eigenvalue weighted by atomic mass is 19.4. The van der Waals surface area contributed by atoms with Crippen LogP contribution in [0.3, 0.4) is 0 Å². The summed E-state index contributed by atoms with van der Waals surface area (Å²) >= 11 is 0. The maximum absolute atomic E-state index is 13.2. The van der Waals surface area contributed by atoms with Gasteiger partial charge in [0.2, 0.25) is 5.88 Å². The van der Waals surface area contributed by atoms with Crippen molar-refractivity contribution in [1.82, 2.24) is 9.97 Å². The van der Waals surface area contributed by atoms with Gasteiger partial charge < -0.3 is 4.74 Å². The molecule has 0 radical (unpaired) electrons. The number of aromatic nitrogens is 2. The fraction of sp³-hybridized carbons (Fsp3) is 0.185. The van der Waals surface area contributed by atoms with Crippen LogP contribution in [0.25, 0.3) is 10.9 Å². The van der Waals surface area contributed by atoms with E-state index in [1.165, 1.54) is 18.5 Å². The smallest absolute Gasteiger partial charge is 0.416 e. The van der Waals surface area contributed by atoms with Crippen molar-refractivity contribution in [2.24, 2.45) is 0 Å². The molecule has 1 fully saturated rings. The van der Waals surface area contributed by atoms with Crippen LogP contribution >= 0.6 is 0 Å². The predicted molar refractivity (Wildman–Crippen MR) is 132 cm³/mol. The zero-order valence-corrected chi connectivity index (χ0v) is 19.9. The summed E-state index contributed by atoms with van der Waals surface area (Å²) in [5.41, 5.74) is 0.837. The Balaban J connectivity index is 1.47. The zero-order valence-electron chi connectivity index (χ0n) is 19.9. The van der Waals surface area contributed by atoms with E-state index in [9.17, 15) is 22.8 Å². The number of carbonyl (C=O) groups excluding carboxylic acids is 2. The molecule has 3 amide bonds. The lowest BCUT2D eigenvalue weighted by Crippen LogP contribution is -2.33. The number of para-hydroxylation sites is 1. The molecule has 1 aliphatic rings. The van der Waals surface area contributed by atoms with Crippen LogP contribution in [0, 0.1) is 0 Å². The van der Waals surface area contributed by atoms with Crippen LogP contribution in [-0.4, -0.2) is 28.5 Å². The largest absolute Gasteiger partial charge is 0.438 e. The Morgan fingerprint density at radius 2 is 1.70 bits per heavy atom. The van der Waals surface area contributed by atoms with Gasteiger partial charge in [0.1, 0.15) is 18.6 Å². The highest BCUT2D eigenvalue weighted by Gasteiger charge is 2.39. The van der Waals surface area contributed by atoms with E-state index in [1.54, 1.807) is 18.2 Å². The molecule has 10 heteroatoms. The molecule has 0 N–H and O–H groups in total. The summed E-state index contributed by atoms with van der Waals surface area (Å²) in [6.45, 7) is 3.50. The Morgan fingerprint density at radius 1 is 0.919 bits per heavy atom. The lowest BCUT2D eigenvalue weighted by atomic mass is 10.0. The first-order valence-electron chi connectivity index (χ1n) is 11.5. The van der Waals surface area contributed by atoms with Gasteiger partial charge in [-0.3, -0.25) is 9.69 Å². The Bertz CT molecular complexity index is 1520. The molecule has 1 aromatic heterocycles. The number of amides is 3. The lowest BCUT2D eigenvalue weighted by Gasteiger charge is -2.20. The van der Waals surface area contributed by atoms with Gasteiger partial charge in [-0.15, -0.1) is 0 Å². The number of hydrogen-bond acceptors (Lipinski definition) is 5. The number of carbonyl (C=O) groups is 2. The highest BCUT2D eigenvalue weighted by Crippen LogP contribution is 2.37. The average molecular weight is 506 g/mol. The summed E-state index contributed by atoms with van der Waals surface area (Å²) in [6, 6.07) is 15.9. The molecule has 2 heterocycles. The van der Waals surface area contributed by atoms with Crippen LogP contribution in [0.5, 0.6) is 11.6 Å². The summed E-state index contributed by atoms with van der Waals surface area (Å²) in [5, 5.41) is 0.727. The van der Waals surface area contributed by atoms with Crippen molar-refractivity contribution in [3.63, 3.8) is 0 Å². The number of hydrogen-bond donors (Lipinski definition) is 0. The second-order valence-electron chi connectivity index (χ2n) is 8.82. The van der Waals surface area contributed by atoms with Gasteiger partial charge in [0.15, 0.2) is 0 Å². The number of rotatable bonds is 5. The Morgan fingerprint density at radius 3 is 2.46 bits per heavy atom. The van der Waals surface area contributed by atoms with E-state index in [1.807, 2.05) is 38.1 Å². The maximum Gasteiger partial charge on any atom is 0.416 e. The van der Waals surface area contributed by atoms with E-state index in [-0.39, 0.29) is 18.2 Å². The van der Waals surface area contributed by atoms with Crippen molar-refractivity contribution < 1.29 is 27.5 Å². The first-order valence-corrected chi connectivity index (χ1v) is 11.5. The SMILES string of the molecule is CC(C)c1cc(N2C(=O)CN(c3cccc(C(F)(F)F)c3)C2=O)ccc1Oc1ncnc2ccccc12. The van der Waals surface area contributed by atoms with Crippen LogP contribution in [0.1, 0.15) is 30.9 Å². The highest BCUT2D eigenvalue weighted by molar-refractivity contribution is 6.27. The van der Waals surface area contributed by atoms with Gasteiger partial charge in [-0.25, -0.2) is 19.7 Å². The van der Waals surface area contributed by atoms with Crippen molar-refractivity contribution in [2.75, 3.05) is 16.3 Å². The summed E-state index contributed by atoms with van der Waals surface area (Å²) in [6.07, 6.45) is -3.16. The number of alkyl halides is 3. The molecule has 0 saturated carbocycles. The monoisotopic (exact) mass is 506 g/mol. The third-order valence-electron chi connectivity index (χ3n) is 6.04. The minimum atomic E-state index is -4.57. The Hall–Kier alpha value is -4.47. The second-order valence-corrected chi connectivity index (χ2v) is 8.82. The molecule has 0 atom stereocenters. The molecule has 0 bridgehead atoms. The number of fused-ring (bicyclic) bond motifs is 1. The standard InChI is InChI=1S/C27H21F3N4O3/c1-16(2)21-13-19(10-11-23(21)37-25-20-8-3-4-9-22(20)31-15-32-25)34-24(35)14-33(26(34)36)18-7-5-6-17(12-18)27(28,29)30/h3-13,15-16H,14H2,1-2H3. The summed E-state index contributed by atoms with van der Waals surface area (Å²) in [5.74, 6) is 0.267. The number of nitrogens with zero attached hydrogens (tertiary/aromatic N) is 4. The van der Waals surface area contributed by atoms with E-state index in [2.05, 4.69) is 9.97 Å². The Kier molecular flexibility index (Phi) is 6.02. The van der Waals surface area contributed by atoms with Crippen LogP contribution in [-0.2, 0) is 11.0 Å². The third kappa shape index (κ3) is 4.57. The summed E-state index contributed by atoms with van der Waals surface area (Å²) < 4.78 is 45.6. The molecule has 7 nitrogen and oxygen atoms in total. The van der Waals surface area contributed by atoms with Gasteiger partial charge in [0.05, 0.1) is 22.2 Å². The van der Waals surface area contributed by atoms with Crippen molar-refractivity contribution in [1.29, 1.82) is 0 Å². The molecule has 37 heavy (non-hydrogen) atoms. The zero-order chi connectivity index (χ0) is 26.3. The minimum Gasteiger partial charge on any atom is -0.438 e. The molecule has 4 aromatic rings. The van der Waals surface area contributed by atoms with Crippen molar-refractivity contribution in [2.45, 2.75) is 25.9 Å². The molecule has 188 valence electrons. The Labute approximate surface area is 210 Å². The molecule has 0 aliphatic carbocycles. The minimum absolute atomic E-state index is 0.00430. The number of benzene rings is 3. The van der Waals surface area contributed by atoms with E-state index >= 15 is 0 Å². The van der Waals surface area contributed by atoms with Gasteiger partial charge in [-0.1, -0.05) is 32.0 Å². The first kappa shape index (κ1) is 24.2. The number of imide groups is 1. The predicted octanol–water partition coefficient (Wildman–Crippen LogP) is 6.54. The molecular formula is C27H21F3N4O3. The van der Waals surface area contributed by atoms with Gasteiger partial charge in [0, 0.05) is 5.69 Å². The quantitative estimate of drug-likeness (QED) is 0.288. The number of ether oxygens (including phenoxy) is 1. The van der Waals surface area contributed by atoms with Crippen molar-refractivity contribution in [3.8, 4) is 11.6 Å². The molecule has 0 spiro atoms. The normalized spacial score (nSPS) is 14.2. The molecular weight excluding hydrogens is 485 g/mol. The summed E-state index contributed by atoms with van der Waals surface area (Å²) in [4.78, 5) is 36.5. The molecule has 3 aromatic carbocycles. The molecule has 5 rings (SSSR count). The topological polar surface area (TPSA) is 75.6 Å². The van der Waals surface area contributed by atoms with E-state index in [0.29, 0.717) is 17.3 Å². The number of anilines is 2. The fourth-order valence-corrected chi connectivity index (χ4v) is 4.19. The van der Waals surface area contributed by atoms with Gasteiger partial charge >= 0.3 is 12.2 Å². The lowest BCUT2D eigenvalue weighted by molar-refractivity contribution is -0.137. The second kappa shape index (κ2) is 9.20. The van der Waals surface area contributed by atoms with Crippen LogP contribution in [0.4, 0.5) is 29.3 Å². The van der Waals surface area contributed by atoms with Crippen molar-refractivity contribution in [3.05, 3.63) is 84.2 Å². The maximum atomic E-state index is 13.2. The van der Waals surface area contributed by atoms with Gasteiger partial charge in [-0.2, -0.15) is 13.2 Å². The van der Waals surface area contributed by atoms with E-state index in [0.717, 1.165) is 38.4 Å². The summed E-state index contributed by atoms with van der Waals surface area (Å²) in [7, 11) is 0. The first-order chi connectivity index (χ1) is 17.6.